The average molecular weight is 289 g/mol. The number of carbonyl (C=O) groups is 1. The molecule has 0 unspecified atom stereocenters. The Morgan fingerprint density at radius 1 is 1.10 bits per heavy atom. The highest BCUT2D eigenvalue weighted by Gasteiger charge is 2.22. The van der Waals surface area contributed by atoms with Crippen LogP contribution in [-0.4, -0.2) is 10.9 Å². The van der Waals surface area contributed by atoms with E-state index in [-0.39, 0.29) is 27.5 Å². The molecule has 0 aliphatic rings. The highest BCUT2D eigenvalue weighted by molar-refractivity contribution is 6.33. The van der Waals surface area contributed by atoms with E-state index >= 15 is 0 Å². The van der Waals surface area contributed by atoms with Gasteiger partial charge in [0.1, 0.15) is 5.75 Å². The fourth-order valence-electron chi connectivity index (χ4n) is 1.95. The summed E-state index contributed by atoms with van der Waals surface area (Å²) in [6, 6.07) is 12.3. The van der Waals surface area contributed by atoms with Crippen molar-refractivity contribution >= 4 is 17.4 Å². The Hall–Kier alpha value is -1.80. The smallest absolute Gasteiger partial charge is 0.196 e. The number of rotatable bonds is 2. The van der Waals surface area contributed by atoms with Crippen LogP contribution in [0.4, 0.5) is 0 Å². The van der Waals surface area contributed by atoms with Gasteiger partial charge in [-0.1, -0.05) is 62.7 Å². The highest BCUT2D eigenvalue weighted by atomic mass is 35.5. The SMILES string of the molecule is CC(C)(C)c1cc(Cl)c(O)c(C(=O)c2ccccc2)c1. The van der Waals surface area contributed by atoms with E-state index in [1.807, 2.05) is 26.8 Å². The van der Waals surface area contributed by atoms with Crippen LogP contribution in [0.2, 0.25) is 5.02 Å². The molecule has 104 valence electrons. The minimum absolute atomic E-state index is 0.150. The molecular weight excluding hydrogens is 272 g/mol. The van der Waals surface area contributed by atoms with E-state index in [1.165, 1.54) is 0 Å². The summed E-state index contributed by atoms with van der Waals surface area (Å²) >= 11 is 6.05. The summed E-state index contributed by atoms with van der Waals surface area (Å²) in [6.07, 6.45) is 0. The van der Waals surface area contributed by atoms with Crippen LogP contribution in [0, 0.1) is 0 Å². The maximum absolute atomic E-state index is 12.5. The molecule has 0 aromatic heterocycles. The molecule has 0 saturated heterocycles. The minimum Gasteiger partial charge on any atom is -0.506 e. The molecule has 1 N–H and O–H groups in total. The fraction of sp³-hybridized carbons (Fsp3) is 0.235. The lowest BCUT2D eigenvalue weighted by Gasteiger charge is -2.21. The number of halogens is 1. The topological polar surface area (TPSA) is 37.3 Å². The van der Waals surface area contributed by atoms with Gasteiger partial charge in [-0.15, -0.1) is 0 Å². The molecule has 2 rings (SSSR count). The first-order valence-electron chi connectivity index (χ1n) is 6.43. The van der Waals surface area contributed by atoms with Crippen molar-refractivity contribution in [3.63, 3.8) is 0 Å². The summed E-state index contributed by atoms with van der Waals surface area (Å²) in [7, 11) is 0. The zero-order chi connectivity index (χ0) is 14.9. The van der Waals surface area contributed by atoms with Crippen LogP contribution < -0.4 is 0 Å². The summed E-state index contributed by atoms with van der Waals surface area (Å²) in [4.78, 5) is 12.5. The average Bonchev–Trinajstić information content (AvgIpc) is 2.40. The largest absolute Gasteiger partial charge is 0.506 e. The first-order chi connectivity index (χ1) is 9.30. The lowest BCUT2D eigenvalue weighted by atomic mass is 9.85. The van der Waals surface area contributed by atoms with Crippen LogP contribution in [0.15, 0.2) is 42.5 Å². The third kappa shape index (κ3) is 2.86. The monoisotopic (exact) mass is 288 g/mol. The maximum atomic E-state index is 12.5. The second-order valence-corrected chi connectivity index (χ2v) is 6.21. The molecule has 0 heterocycles. The quantitative estimate of drug-likeness (QED) is 0.822. The van der Waals surface area contributed by atoms with Gasteiger partial charge in [-0.05, 0) is 23.1 Å². The number of aromatic hydroxyl groups is 1. The van der Waals surface area contributed by atoms with Crippen molar-refractivity contribution < 1.29 is 9.90 Å². The van der Waals surface area contributed by atoms with Crippen molar-refractivity contribution in [1.82, 2.24) is 0 Å². The van der Waals surface area contributed by atoms with E-state index < -0.39 is 0 Å². The molecular formula is C17H17ClO2. The van der Waals surface area contributed by atoms with E-state index in [0.29, 0.717) is 5.56 Å². The van der Waals surface area contributed by atoms with Gasteiger partial charge < -0.3 is 5.11 Å². The number of carbonyl (C=O) groups excluding carboxylic acids is 1. The zero-order valence-corrected chi connectivity index (χ0v) is 12.5. The summed E-state index contributed by atoms with van der Waals surface area (Å²) in [5.74, 6) is -0.385. The highest BCUT2D eigenvalue weighted by Crippen LogP contribution is 2.35. The Bertz CT molecular complexity index is 640. The molecule has 0 fully saturated rings. The standard InChI is InChI=1S/C17H17ClO2/c1-17(2,3)12-9-13(16(20)14(18)10-12)15(19)11-7-5-4-6-8-11/h4-10,20H,1-3H3. The molecule has 0 aliphatic heterocycles. The van der Waals surface area contributed by atoms with E-state index in [4.69, 9.17) is 11.6 Å². The lowest BCUT2D eigenvalue weighted by molar-refractivity contribution is 0.103. The van der Waals surface area contributed by atoms with Crippen molar-refractivity contribution in [2.75, 3.05) is 0 Å². The number of ketones is 1. The molecule has 0 bridgehead atoms. The van der Waals surface area contributed by atoms with Gasteiger partial charge in [0, 0.05) is 5.56 Å². The van der Waals surface area contributed by atoms with Crippen LogP contribution in [0.25, 0.3) is 0 Å². The second-order valence-electron chi connectivity index (χ2n) is 5.80. The Balaban J connectivity index is 2.57. The third-order valence-electron chi connectivity index (χ3n) is 3.21. The minimum atomic E-state index is -0.226. The molecule has 3 heteroatoms. The molecule has 2 aromatic carbocycles. The van der Waals surface area contributed by atoms with Crippen molar-refractivity contribution in [2.24, 2.45) is 0 Å². The lowest BCUT2D eigenvalue weighted by Crippen LogP contribution is -2.13. The summed E-state index contributed by atoms with van der Waals surface area (Å²) in [5.41, 5.74) is 1.54. The fourth-order valence-corrected chi connectivity index (χ4v) is 2.17. The summed E-state index contributed by atoms with van der Waals surface area (Å²) in [6.45, 7) is 6.10. The first-order valence-corrected chi connectivity index (χ1v) is 6.81. The molecule has 0 spiro atoms. The first kappa shape index (κ1) is 14.6. The van der Waals surface area contributed by atoms with E-state index in [0.717, 1.165) is 5.56 Å². The second kappa shape index (κ2) is 5.29. The van der Waals surface area contributed by atoms with Gasteiger partial charge in [-0.3, -0.25) is 4.79 Å². The van der Waals surface area contributed by atoms with Crippen LogP contribution in [0.3, 0.4) is 0 Å². The Morgan fingerprint density at radius 3 is 2.25 bits per heavy atom. The number of benzene rings is 2. The van der Waals surface area contributed by atoms with Gasteiger partial charge in [0.05, 0.1) is 10.6 Å². The third-order valence-corrected chi connectivity index (χ3v) is 3.50. The molecule has 0 saturated carbocycles. The number of phenolic OH excluding ortho intramolecular Hbond substituents is 1. The maximum Gasteiger partial charge on any atom is 0.196 e. The van der Waals surface area contributed by atoms with E-state index in [1.54, 1.807) is 36.4 Å². The van der Waals surface area contributed by atoms with Crippen LogP contribution in [-0.2, 0) is 5.41 Å². The van der Waals surface area contributed by atoms with Crippen molar-refractivity contribution in [2.45, 2.75) is 26.2 Å². The Kier molecular flexibility index (Phi) is 3.87. The van der Waals surface area contributed by atoms with Crippen molar-refractivity contribution in [3.05, 3.63) is 64.2 Å². The van der Waals surface area contributed by atoms with Crippen molar-refractivity contribution in [3.8, 4) is 5.75 Å². The molecule has 2 nitrogen and oxygen atoms in total. The summed E-state index contributed by atoms with van der Waals surface area (Å²) in [5, 5.41) is 10.3. The van der Waals surface area contributed by atoms with Gasteiger partial charge in [-0.2, -0.15) is 0 Å². The zero-order valence-electron chi connectivity index (χ0n) is 11.8. The van der Waals surface area contributed by atoms with Gasteiger partial charge >= 0.3 is 0 Å². The summed E-state index contributed by atoms with van der Waals surface area (Å²) < 4.78 is 0. The molecule has 0 atom stereocenters. The van der Waals surface area contributed by atoms with Crippen LogP contribution in [0.1, 0.15) is 42.3 Å². The number of hydrogen-bond donors (Lipinski definition) is 1. The van der Waals surface area contributed by atoms with Gasteiger partial charge in [0.2, 0.25) is 0 Å². The van der Waals surface area contributed by atoms with Gasteiger partial charge in [0.15, 0.2) is 5.78 Å². The van der Waals surface area contributed by atoms with Crippen molar-refractivity contribution in [1.29, 1.82) is 0 Å². The molecule has 0 aliphatic carbocycles. The Morgan fingerprint density at radius 2 is 1.70 bits per heavy atom. The van der Waals surface area contributed by atoms with E-state index in [2.05, 4.69) is 0 Å². The van der Waals surface area contributed by atoms with E-state index in [9.17, 15) is 9.90 Å². The molecule has 0 radical (unpaired) electrons. The molecule has 0 amide bonds. The van der Waals surface area contributed by atoms with Gasteiger partial charge in [-0.25, -0.2) is 0 Å². The molecule has 20 heavy (non-hydrogen) atoms. The number of phenols is 1. The van der Waals surface area contributed by atoms with Gasteiger partial charge in [0.25, 0.3) is 0 Å². The normalized spacial score (nSPS) is 11.4. The van der Waals surface area contributed by atoms with Crippen LogP contribution >= 0.6 is 11.6 Å². The Labute approximate surface area is 124 Å². The predicted molar refractivity (Wildman–Crippen MR) is 81.7 cm³/mol. The number of hydrogen-bond acceptors (Lipinski definition) is 2. The van der Waals surface area contributed by atoms with Crippen LogP contribution in [0.5, 0.6) is 5.75 Å². The predicted octanol–water partition coefficient (Wildman–Crippen LogP) is 4.57. The molecule has 2 aromatic rings.